The highest BCUT2D eigenvalue weighted by molar-refractivity contribution is 5.94. The van der Waals surface area contributed by atoms with Gasteiger partial charge in [-0.3, -0.25) is 9.59 Å². The molecule has 0 bridgehead atoms. The van der Waals surface area contributed by atoms with Gasteiger partial charge in [0.15, 0.2) is 5.82 Å². The van der Waals surface area contributed by atoms with Crippen molar-refractivity contribution in [1.29, 1.82) is 5.26 Å². The first-order valence-corrected chi connectivity index (χ1v) is 13.4. The van der Waals surface area contributed by atoms with E-state index in [1.807, 2.05) is 56.0 Å². The molecule has 2 aromatic rings. The van der Waals surface area contributed by atoms with Gasteiger partial charge in [0, 0.05) is 50.2 Å². The monoisotopic (exact) mass is 532 g/mol. The number of carbonyl (C=O) groups is 3. The number of aromatic nitrogens is 2. The lowest BCUT2D eigenvalue weighted by atomic mass is 10.0. The molecule has 4 rings (SSSR count). The molecule has 1 saturated heterocycles. The van der Waals surface area contributed by atoms with Crippen molar-refractivity contribution in [2.75, 3.05) is 26.7 Å². The van der Waals surface area contributed by atoms with Crippen LogP contribution in [0.1, 0.15) is 62.4 Å². The number of ether oxygens (including phenoxy) is 1. The zero-order valence-electron chi connectivity index (χ0n) is 23.1. The third kappa shape index (κ3) is 7.31. The summed E-state index contributed by atoms with van der Waals surface area (Å²) < 4.78 is 5.50. The van der Waals surface area contributed by atoms with E-state index >= 15 is 0 Å². The van der Waals surface area contributed by atoms with Crippen molar-refractivity contribution in [3.05, 3.63) is 47.8 Å². The van der Waals surface area contributed by atoms with Gasteiger partial charge in [0.05, 0.1) is 18.1 Å². The molecule has 2 aliphatic rings. The summed E-state index contributed by atoms with van der Waals surface area (Å²) in [5, 5.41) is 8.75. The van der Waals surface area contributed by atoms with E-state index in [2.05, 4.69) is 9.97 Å². The third-order valence-electron chi connectivity index (χ3n) is 6.88. The lowest BCUT2D eigenvalue weighted by Gasteiger charge is -2.39. The number of nitriles is 1. The quantitative estimate of drug-likeness (QED) is 0.499. The summed E-state index contributed by atoms with van der Waals surface area (Å²) in [6.45, 7) is 6.74. The molecule has 1 saturated carbocycles. The van der Waals surface area contributed by atoms with E-state index < -0.39 is 5.60 Å². The number of rotatable bonds is 7. The largest absolute Gasteiger partial charge is 0.444 e. The fourth-order valence-electron chi connectivity index (χ4n) is 4.65. The van der Waals surface area contributed by atoms with Crippen molar-refractivity contribution < 1.29 is 19.1 Å². The van der Waals surface area contributed by atoms with E-state index in [0.29, 0.717) is 37.3 Å². The Bertz CT molecular complexity index is 1220. The Hall–Kier alpha value is -4.00. The highest BCUT2D eigenvalue weighted by Crippen LogP contribution is 2.33. The Balaban J connectivity index is 1.37. The summed E-state index contributed by atoms with van der Waals surface area (Å²) in [6, 6.07) is 9.62. The minimum atomic E-state index is -0.535. The number of carbonyl (C=O) groups excluding carboxylic acids is 3. The van der Waals surface area contributed by atoms with E-state index in [4.69, 9.17) is 10.00 Å². The van der Waals surface area contributed by atoms with E-state index in [9.17, 15) is 14.4 Å². The fourth-order valence-corrected chi connectivity index (χ4v) is 4.65. The first-order valence-electron chi connectivity index (χ1n) is 13.4. The maximum absolute atomic E-state index is 13.5. The molecule has 1 aromatic heterocycles. The predicted molar refractivity (Wildman–Crippen MR) is 144 cm³/mol. The number of nitrogens with zero attached hydrogens (tertiary/aromatic N) is 6. The lowest BCUT2D eigenvalue weighted by Crippen LogP contribution is -2.50. The zero-order valence-corrected chi connectivity index (χ0v) is 23.1. The Kier molecular flexibility index (Phi) is 8.48. The highest BCUT2D eigenvalue weighted by Gasteiger charge is 2.40. The van der Waals surface area contributed by atoms with Gasteiger partial charge in [0.25, 0.3) is 5.91 Å². The summed E-state index contributed by atoms with van der Waals surface area (Å²) in [4.78, 5) is 52.1. The number of hydrogen-bond donors (Lipinski definition) is 0. The maximum Gasteiger partial charge on any atom is 0.410 e. The second-order valence-electron chi connectivity index (χ2n) is 11.2. The first kappa shape index (κ1) is 28.0. The summed E-state index contributed by atoms with van der Waals surface area (Å²) in [5.74, 6) is 0.295. The molecule has 10 nitrogen and oxygen atoms in total. The topological polar surface area (TPSA) is 120 Å². The van der Waals surface area contributed by atoms with Gasteiger partial charge in [-0.25, -0.2) is 14.8 Å². The summed E-state index contributed by atoms with van der Waals surface area (Å²) in [7, 11) is 1.61. The van der Waals surface area contributed by atoms with Crippen LogP contribution in [0.15, 0.2) is 36.7 Å². The SMILES string of the molecule is CN(CC#N)C(=O)Cc1ccc(-c2ncc(C(=O)N(C3CC3)C3CCN(C(=O)OC(C)(C)C)CC3)cn2)cc1. The van der Waals surface area contributed by atoms with Crippen molar-refractivity contribution >= 4 is 17.9 Å². The summed E-state index contributed by atoms with van der Waals surface area (Å²) in [5.41, 5.74) is 1.53. The molecule has 3 amide bonds. The molecular weight excluding hydrogens is 496 g/mol. The van der Waals surface area contributed by atoms with Gasteiger partial charge in [0.1, 0.15) is 12.1 Å². The molecule has 2 heterocycles. The highest BCUT2D eigenvalue weighted by atomic mass is 16.6. The van der Waals surface area contributed by atoms with Crippen LogP contribution in [0.4, 0.5) is 4.79 Å². The van der Waals surface area contributed by atoms with Crippen LogP contribution in [0.5, 0.6) is 0 Å². The van der Waals surface area contributed by atoms with Gasteiger partial charge >= 0.3 is 6.09 Å². The van der Waals surface area contributed by atoms with Crippen molar-refractivity contribution in [1.82, 2.24) is 24.7 Å². The standard InChI is InChI=1S/C29H36N6O4/c1-29(2,3)39-28(38)34-14-11-24(12-15-34)35(23-9-10-23)27(37)22-18-31-26(32-19-22)21-7-5-20(6-8-21)17-25(36)33(4)16-13-30/h5-8,18-19,23-24H,9-12,14-17H2,1-4H3. The van der Waals surface area contributed by atoms with Gasteiger partial charge in [-0.2, -0.15) is 5.26 Å². The van der Waals surface area contributed by atoms with Crippen LogP contribution >= 0.6 is 0 Å². The molecule has 10 heteroatoms. The summed E-state index contributed by atoms with van der Waals surface area (Å²) in [6.07, 6.45) is 6.44. The molecule has 0 unspecified atom stereocenters. The van der Waals surface area contributed by atoms with Gasteiger partial charge in [0.2, 0.25) is 5.91 Å². The molecule has 1 aromatic carbocycles. The molecule has 2 fully saturated rings. The Morgan fingerprint density at radius 3 is 2.15 bits per heavy atom. The van der Waals surface area contributed by atoms with E-state index in [1.165, 1.54) is 4.90 Å². The lowest BCUT2D eigenvalue weighted by molar-refractivity contribution is -0.128. The minimum absolute atomic E-state index is 0.0548. The average Bonchev–Trinajstić information content (AvgIpc) is 3.74. The molecule has 0 N–H and O–H groups in total. The second-order valence-corrected chi connectivity index (χ2v) is 11.2. The van der Waals surface area contributed by atoms with Gasteiger partial charge in [-0.1, -0.05) is 24.3 Å². The van der Waals surface area contributed by atoms with Crippen LogP contribution in [0.3, 0.4) is 0 Å². The molecule has 0 radical (unpaired) electrons. The molecule has 0 spiro atoms. The van der Waals surface area contributed by atoms with Crippen LogP contribution in [-0.2, 0) is 16.0 Å². The molecule has 39 heavy (non-hydrogen) atoms. The first-order chi connectivity index (χ1) is 18.6. The van der Waals surface area contributed by atoms with Crippen LogP contribution in [0, 0.1) is 11.3 Å². The number of benzene rings is 1. The molecule has 0 atom stereocenters. The molecule has 1 aliphatic carbocycles. The number of amides is 3. The van der Waals surface area contributed by atoms with Crippen LogP contribution in [0.2, 0.25) is 0 Å². The average molecular weight is 533 g/mol. The van der Waals surface area contributed by atoms with E-state index in [1.54, 1.807) is 24.3 Å². The number of hydrogen-bond acceptors (Lipinski definition) is 7. The molecule has 206 valence electrons. The normalized spacial score (nSPS) is 15.8. The minimum Gasteiger partial charge on any atom is -0.444 e. The molecular formula is C29H36N6O4. The Labute approximate surface area is 229 Å². The second kappa shape index (κ2) is 11.8. The number of likely N-dealkylation sites (tertiary alicyclic amines) is 1. The fraction of sp³-hybridized carbons (Fsp3) is 0.517. The van der Waals surface area contributed by atoms with Crippen molar-refractivity contribution in [2.24, 2.45) is 0 Å². The maximum atomic E-state index is 13.5. The van der Waals surface area contributed by atoms with Crippen molar-refractivity contribution in [3.63, 3.8) is 0 Å². The van der Waals surface area contributed by atoms with Crippen molar-refractivity contribution in [2.45, 2.75) is 70.6 Å². The van der Waals surface area contributed by atoms with Crippen LogP contribution in [0.25, 0.3) is 11.4 Å². The van der Waals surface area contributed by atoms with Gasteiger partial charge in [-0.15, -0.1) is 0 Å². The van der Waals surface area contributed by atoms with Gasteiger partial charge in [-0.05, 0) is 52.0 Å². The molecule has 1 aliphatic heterocycles. The number of piperidine rings is 1. The third-order valence-corrected chi connectivity index (χ3v) is 6.88. The van der Waals surface area contributed by atoms with E-state index in [0.717, 1.165) is 24.0 Å². The Morgan fingerprint density at radius 2 is 1.62 bits per heavy atom. The van der Waals surface area contributed by atoms with E-state index in [-0.39, 0.29) is 43.0 Å². The smallest absolute Gasteiger partial charge is 0.410 e. The van der Waals surface area contributed by atoms with Crippen LogP contribution < -0.4 is 0 Å². The van der Waals surface area contributed by atoms with Crippen LogP contribution in [-0.4, -0.2) is 86.9 Å². The van der Waals surface area contributed by atoms with Crippen molar-refractivity contribution in [3.8, 4) is 17.5 Å². The zero-order chi connectivity index (χ0) is 28.2. The Morgan fingerprint density at radius 1 is 1.03 bits per heavy atom. The number of likely N-dealkylation sites (N-methyl/N-ethyl adjacent to an activating group) is 1. The predicted octanol–water partition coefficient (Wildman–Crippen LogP) is 3.67. The van der Waals surface area contributed by atoms with Gasteiger partial charge < -0.3 is 19.4 Å². The summed E-state index contributed by atoms with van der Waals surface area (Å²) >= 11 is 0.